The van der Waals surface area contributed by atoms with Gasteiger partial charge in [-0.3, -0.25) is 0 Å². The summed E-state index contributed by atoms with van der Waals surface area (Å²) in [5.74, 6) is 0. The van der Waals surface area contributed by atoms with E-state index < -0.39 is 0 Å². The minimum atomic E-state index is 1.08. The van der Waals surface area contributed by atoms with Crippen molar-refractivity contribution >= 4 is 46.3 Å². The molecule has 42 heavy (non-hydrogen) atoms. The molecule has 0 aliphatic heterocycles. The molecule has 0 amide bonds. The fraction of sp³-hybridized carbons (Fsp3) is 0. The highest BCUT2D eigenvalue weighted by atomic mass is 15.1. The summed E-state index contributed by atoms with van der Waals surface area (Å²) in [6, 6.07) is 55.4. The Morgan fingerprint density at radius 1 is 0.333 bits per heavy atom. The Morgan fingerprint density at radius 3 is 1.05 bits per heavy atom. The van der Waals surface area contributed by atoms with Crippen molar-refractivity contribution in [1.82, 2.24) is 0 Å². The molecule has 0 saturated carbocycles. The molecule has 2 nitrogen and oxygen atoms in total. The fourth-order valence-electron chi connectivity index (χ4n) is 5.28. The van der Waals surface area contributed by atoms with Gasteiger partial charge in [-0.1, -0.05) is 110 Å². The zero-order chi connectivity index (χ0) is 28.7. The Morgan fingerprint density at radius 2 is 0.667 bits per heavy atom. The summed E-state index contributed by atoms with van der Waals surface area (Å²) in [6.45, 7) is 7.96. The quantitative estimate of drug-likeness (QED) is 0.180. The second-order valence-corrected chi connectivity index (χ2v) is 10.0. The van der Waals surface area contributed by atoms with Crippen molar-refractivity contribution in [3.05, 3.63) is 182 Å². The lowest BCUT2D eigenvalue weighted by molar-refractivity contribution is 1.27. The van der Waals surface area contributed by atoms with Crippen LogP contribution >= 0.6 is 0 Å². The molecular weight excluding hydrogens is 508 g/mol. The van der Waals surface area contributed by atoms with Gasteiger partial charge in [0.2, 0.25) is 0 Å². The molecule has 0 spiro atoms. The SMILES string of the molecule is C=Cc1cccc(N(c2ccccc2)c2cccc(-c3cccc(N(c4ccccc4)c4cccc(C=C)c4)c3)c2)c1. The zero-order valence-electron chi connectivity index (χ0n) is 23.5. The minimum absolute atomic E-state index is 1.08. The van der Waals surface area contributed by atoms with Gasteiger partial charge < -0.3 is 9.80 Å². The van der Waals surface area contributed by atoms with Crippen LogP contribution in [0.5, 0.6) is 0 Å². The summed E-state index contributed by atoms with van der Waals surface area (Å²) in [5.41, 5.74) is 11.0. The van der Waals surface area contributed by atoms with Crippen molar-refractivity contribution in [1.29, 1.82) is 0 Å². The largest absolute Gasteiger partial charge is 0.310 e. The highest BCUT2D eigenvalue weighted by molar-refractivity contribution is 5.83. The Kier molecular flexibility index (Phi) is 7.78. The molecular formula is C40H32N2. The highest BCUT2D eigenvalue weighted by Gasteiger charge is 2.16. The average molecular weight is 541 g/mol. The number of benzene rings is 6. The van der Waals surface area contributed by atoms with Crippen LogP contribution in [0.1, 0.15) is 11.1 Å². The monoisotopic (exact) mass is 540 g/mol. The topological polar surface area (TPSA) is 6.48 Å². The Labute approximate surface area is 248 Å². The van der Waals surface area contributed by atoms with Gasteiger partial charge in [-0.05, 0) is 95.1 Å². The maximum absolute atomic E-state index is 3.98. The molecule has 6 aromatic carbocycles. The van der Waals surface area contributed by atoms with Crippen LogP contribution in [0.3, 0.4) is 0 Å². The van der Waals surface area contributed by atoms with Crippen LogP contribution in [-0.4, -0.2) is 0 Å². The van der Waals surface area contributed by atoms with Gasteiger partial charge in [-0.15, -0.1) is 0 Å². The summed E-state index contributed by atoms with van der Waals surface area (Å²) >= 11 is 0. The van der Waals surface area contributed by atoms with E-state index >= 15 is 0 Å². The molecule has 0 saturated heterocycles. The summed E-state index contributed by atoms with van der Waals surface area (Å²) in [4.78, 5) is 4.58. The summed E-state index contributed by atoms with van der Waals surface area (Å²) < 4.78 is 0. The molecule has 0 atom stereocenters. The van der Waals surface area contributed by atoms with E-state index in [4.69, 9.17) is 0 Å². The van der Waals surface area contributed by atoms with Crippen molar-refractivity contribution in [2.24, 2.45) is 0 Å². The average Bonchev–Trinajstić information content (AvgIpc) is 3.06. The van der Waals surface area contributed by atoms with Crippen molar-refractivity contribution in [2.75, 3.05) is 9.80 Å². The van der Waals surface area contributed by atoms with E-state index in [9.17, 15) is 0 Å². The summed E-state index contributed by atoms with van der Waals surface area (Å²) in [6.07, 6.45) is 3.77. The Balaban J connectivity index is 1.44. The third-order valence-electron chi connectivity index (χ3n) is 7.30. The molecule has 0 aromatic heterocycles. The van der Waals surface area contributed by atoms with E-state index in [1.807, 2.05) is 24.3 Å². The van der Waals surface area contributed by atoms with Crippen LogP contribution in [0.25, 0.3) is 23.3 Å². The molecule has 0 aliphatic carbocycles. The first kappa shape index (κ1) is 26.6. The van der Waals surface area contributed by atoms with Crippen LogP contribution in [-0.2, 0) is 0 Å². The molecule has 6 rings (SSSR count). The fourth-order valence-corrected chi connectivity index (χ4v) is 5.28. The lowest BCUT2D eigenvalue weighted by atomic mass is 10.0. The van der Waals surface area contributed by atoms with E-state index in [0.29, 0.717) is 0 Å². The van der Waals surface area contributed by atoms with Gasteiger partial charge in [0.15, 0.2) is 0 Å². The number of hydrogen-bond donors (Lipinski definition) is 0. The van der Waals surface area contributed by atoms with Crippen LogP contribution < -0.4 is 9.80 Å². The third-order valence-corrected chi connectivity index (χ3v) is 7.30. The maximum Gasteiger partial charge on any atom is 0.0467 e. The molecule has 202 valence electrons. The first-order valence-electron chi connectivity index (χ1n) is 14.1. The van der Waals surface area contributed by atoms with Crippen molar-refractivity contribution in [3.8, 4) is 11.1 Å². The molecule has 0 heterocycles. The molecule has 0 aliphatic rings. The van der Waals surface area contributed by atoms with Gasteiger partial charge in [0.25, 0.3) is 0 Å². The van der Waals surface area contributed by atoms with Gasteiger partial charge in [0, 0.05) is 34.1 Å². The van der Waals surface area contributed by atoms with Crippen LogP contribution in [0.4, 0.5) is 34.1 Å². The second kappa shape index (κ2) is 12.3. The van der Waals surface area contributed by atoms with Crippen LogP contribution in [0.15, 0.2) is 171 Å². The molecule has 0 radical (unpaired) electrons. The van der Waals surface area contributed by atoms with Crippen molar-refractivity contribution < 1.29 is 0 Å². The van der Waals surface area contributed by atoms with E-state index in [2.05, 4.69) is 169 Å². The number of rotatable bonds is 9. The maximum atomic E-state index is 3.98. The van der Waals surface area contributed by atoms with E-state index in [1.165, 1.54) is 0 Å². The van der Waals surface area contributed by atoms with Crippen LogP contribution in [0, 0.1) is 0 Å². The predicted octanol–water partition coefficient (Wildman–Crippen LogP) is 11.6. The normalized spacial score (nSPS) is 10.6. The van der Waals surface area contributed by atoms with E-state index in [-0.39, 0.29) is 0 Å². The predicted molar refractivity (Wildman–Crippen MR) is 181 cm³/mol. The third kappa shape index (κ3) is 5.65. The lowest BCUT2D eigenvalue weighted by Gasteiger charge is -2.27. The summed E-state index contributed by atoms with van der Waals surface area (Å²) in [7, 11) is 0. The Bertz CT molecular complexity index is 1690. The first-order chi connectivity index (χ1) is 20.7. The number of anilines is 6. The van der Waals surface area contributed by atoms with Gasteiger partial charge in [-0.25, -0.2) is 0 Å². The first-order valence-corrected chi connectivity index (χ1v) is 14.1. The zero-order valence-corrected chi connectivity index (χ0v) is 23.5. The molecule has 6 aromatic rings. The van der Waals surface area contributed by atoms with Crippen LogP contribution in [0.2, 0.25) is 0 Å². The molecule has 0 unspecified atom stereocenters. The summed E-state index contributed by atoms with van der Waals surface area (Å²) in [5, 5.41) is 0. The Hall–Kier alpha value is -5.60. The van der Waals surface area contributed by atoms with E-state index in [1.54, 1.807) is 0 Å². The molecule has 0 bridgehead atoms. The smallest absolute Gasteiger partial charge is 0.0467 e. The standard InChI is InChI=1S/C40H32N2/c1-3-31-15-11-23-37(27-31)41(35-19-7-5-8-20-35)39-25-13-17-33(29-39)34-18-14-26-40(30-34)42(36-21-9-6-10-22-36)38-24-12-16-32(4-2)28-38/h3-30H,1-2H2. The number of para-hydroxylation sites is 2. The van der Waals surface area contributed by atoms with E-state index in [0.717, 1.165) is 56.4 Å². The lowest BCUT2D eigenvalue weighted by Crippen LogP contribution is -2.10. The molecule has 0 N–H and O–H groups in total. The van der Waals surface area contributed by atoms with Gasteiger partial charge in [-0.2, -0.15) is 0 Å². The second-order valence-electron chi connectivity index (χ2n) is 10.0. The highest BCUT2D eigenvalue weighted by Crippen LogP contribution is 2.39. The van der Waals surface area contributed by atoms with Crippen molar-refractivity contribution in [3.63, 3.8) is 0 Å². The molecule has 2 heteroatoms. The number of hydrogen-bond acceptors (Lipinski definition) is 2. The van der Waals surface area contributed by atoms with Gasteiger partial charge in [0.1, 0.15) is 0 Å². The molecule has 0 fully saturated rings. The number of nitrogens with zero attached hydrogens (tertiary/aromatic N) is 2. The van der Waals surface area contributed by atoms with Crippen molar-refractivity contribution in [2.45, 2.75) is 0 Å². The van der Waals surface area contributed by atoms with Gasteiger partial charge >= 0.3 is 0 Å². The van der Waals surface area contributed by atoms with Gasteiger partial charge in [0.05, 0.1) is 0 Å². The minimum Gasteiger partial charge on any atom is -0.310 e.